The van der Waals surface area contributed by atoms with Gasteiger partial charge in [0.25, 0.3) is 0 Å². The Morgan fingerprint density at radius 1 is 1.00 bits per heavy atom. The van der Waals surface area contributed by atoms with Gasteiger partial charge in [-0.3, -0.25) is 9.69 Å². The molecule has 1 aliphatic rings. The van der Waals surface area contributed by atoms with E-state index in [-0.39, 0.29) is 24.7 Å². The number of anilines is 1. The molecular formula is C26H27Cl2F3N4O3. The maximum Gasteiger partial charge on any atom is 0.416 e. The van der Waals surface area contributed by atoms with E-state index in [2.05, 4.69) is 10.00 Å². The van der Waals surface area contributed by atoms with Gasteiger partial charge >= 0.3 is 11.7 Å². The quantitative estimate of drug-likeness (QED) is 0.325. The predicted octanol–water partition coefficient (Wildman–Crippen LogP) is 5.30. The average Bonchev–Trinajstić information content (AvgIpc) is 2.89. The minimum absolute atomic E-state index is 0.00697. The number of ether oxygens (including phenoxy) is 2. The molecule has 0 bridgehead atoms. The Hall–Kier alpha value is -2.79. The average molecular weight is 571 g/mol. The van der Waals surface area contributed by atoms with Gasteiger partial charge in [0.1, 0.15) is 12.3 Å². The Balaban J connectivity index is 1.58. The molecule has 2 heterocycles. The predicted molar refractivity (Wildman–Crippen MR) is 141 cm³/mol. The zero-order valence-corrected chi connectivity index (χ0v) is 22.2. The molecule has 204 valence electrons. The highest BCUT2D eigenvalue weighted by Crippen LogP contribution is 2.31. The molecule has 0 aliphatic carbocycles. The summed E-state index contributed by atoms with van der Waals surface area (Å²) in [6.45, 7) is 5.73. The second-order valence-corrected chi connectivity index (χ2v) is 9.45. The van der Waals surface area contributed by atoms with E-state index in [1.165, 1.54) is 18.3 Å². The van der Waals surface area contributed by atoms with Gasteiger partial charge in [-0.2, -0.15) is 23.0 Å². The van der Waals surface area contributed by atoms with Crippen LogP contribution in [0.4, 0.5) is 18.9 Å². The lowest BCUT2D eigenvalue weighted by molar-refractivity contribution is -0.137. The van der Waals surface area contributed by atoms with Gasteiger partial charge in [-0.05, 0) is 37.3 Å². The number of nitrogens with zero attached hydrogens (tertiary/aromatic N) is 4. The normalized spacial score (nSPS) is 14.6. The van der Waals surface area contributed by atoms with E-state index in [4.69, 9.17) is 32.7 Å². The summed E-state index contributed by atoms with van der Waals surface area (Å²) in [5.74, 6) is 0.0136. The van der Waals surface area contributed by atoms with Gasteiger partial charge in [0.2, 0.25) is 5.75 Å². The molecular weight excluding hydrogens is 544 g/mol. The Labute approximate surface area is 228 Å². The molecule has 2 aromatic carbocycles. The molecule has 1 saturated heterocycles. The Morgan fingerprint density at radius 2 is 1.68 bits per heavy atom. The van der Waals surface area contributed by atoms with E-state index in [1.807, 2.05) is 11.8 Å². The fraction of sp³-hybridized carbons (Fsp3) is 0.385. The smallest absolute Gasteiger partial charge is 0.416 e. The fourth-order valence-corrected chi connectivity index (χ4v) is 4.71. The van der Waals surface area contributed by atoms with Gasteiger partial charge < -0.3 is 14.4 Å². The molecule has 0 saturated carbocycles. The van der Waals surface area contributed by atoms with E-state index < -0.39 is 17.3 Å². The zero-order valence-electron chi connectivity index (χ0n) is 20.7. The maximum absolute atomic E-state index is 13.4. The van der Waals surface area contributed by atoms with Gasteiger partial charge in [0.05, 0.1) is 24.1 Å². The van der Waals surface area contributed by atoms with Crippen LogP contribution in [-0.2, 0) is 17.5 Å². The third kappa shape index (κ3) is 6.61. The molecule has 7 nitrogen and oxygen atoms in total. The van der Waals surface area contributed by atoms with Gasteiger partial charge in [0, 0.05) is 54.9 Å². The molecule has 1 aliphatic heterocycles. The molecule has 1 aromatic heterocycles. The van der Waals surface area contributed by atoms with Gasteiger partial charge in [0.15, 0.2) is 0 Å². The number of hydrogen-bond donors (Lipinski definition) is 0. The molecule has 0 amide bonds. The second-order valence-electron chi connectivity index (χ2n) is 8.63. The highest BCUT2D eigenvalue weighted by molar-refractivity contribution is 6.35. The van der Waals surface area contributed by atoms with Gasteiger partial charge in [-0.15, -0.1) is 0 Å². The summed E-state index contributed by atoms with van der Waals surface area (Å²) in [5, 5.41) is 5.41. The molecule has 38 heavy (non-hydrogen) atoms. The van der Waals surface area contributed by atoms with Crippen molar-refractivity contribution in [2.24, 2.45) is 0 Å². The van der Waals surface area contributed by atoms with E-state index in [0.29, 0.717) is 55.1 Å². The first-order valence-corrected chi connectivity index (χ1v) is 12.8. The topological polar surface area (TPSA) is 59.8 Å². The molecule has 3 aromatic rings. The Kier molecular flexibility index (Phi) is 9.19. The summed E-state index contributed by atoms with van der Waals surface area (Å²) in [5.41, 5.74) is -0.197. The molecule has 0 atom stereocenters. The summed E-state index contributed by atoms with van der Waals surface area (Å²) < 4.78 is 51.8. The van der Waals surface area contributed by atoms with Crippen LogP contribution in [0.3, 0.4) is 0 Å². The number of rotatable bonds is 9. The van der Waals surface area contributed by atoms with Crippen LogP contribution < -0.4 is 15.2 Å². The highest BCUT2D eigenvalue weighted by Gasteiger charge is 2.31. The van der Waals surface area contributed by atoms with Crippen LogP contribution in [0.1, 0.15) is 18.1 Å². The van der Waals surface area contributed by atoms with Crippen LogP contribution >= 0.6 is 23.2 Å². The van der Waals surface area contributed by atoms with E-state index in [1.54, 1.807) is 18.2 Å². The van der Waals surface area contributed by atoms with E-state index in [0.717, 1.165) is 22.4 Å². The Bertz CT molecular complexity index is 1290. The van der Waals surface area contributed by atoms with Crippen LogP contribution in [0, 0.1) is 0 Å². The summed E-state index contributed by atoms with van der Waals surface area (Å²) in [7, 11) is 0. The second kappa shape index (κ2) is 12.4. The first-order valence-electron chi connectivity index (χ1n) is 12.1. The SMILES string of the molecule is CCOCCOc1c(N2CCN(Cc3c(Cl)cccc3Cl)CC2)cnn(-c2cccc(C(F)(F)F)c2)c1=O. The Morgan fingerprint density at radius 3 is 2.34 bits per heavy atom. The molecule has 0 unspecified atom stereocenters. The van der Waals surface area contributed by atoms with Crippen LogP contribution in [0.5, 0.6) is 5.75 Å². The fourth-order valence-electron chi connectivity index (χ4n) is 4.19. The van der Waals surface area contributed by atoms with Crippen molar-refractivity contribution in [3.8, 4) is 11.4 Å². The monoisotopic (exact) mass is 570 g/mol. The van der Waals surface area contributed by atoms with Gasteiger partial charge in [-0.25, -0.2) is 0 Å². The lowest BCUT2D eigenvalue weighted by Gasteiger charge is -2.36. The number of hydrogen-bond acceptors (Lipinski definition) is 6. The van der Waals surface area contributed by atoms with Crippen molar-refractivity contribution in [2.45, 2.75) is 19.6 Å². The first-order chi connectivity index (χ1) is 18.2. The molecule has 0 spiro atoms. The summed E-state index contributed by atoms with van der Waals surface area (Å²) in [6, 6.07) is 9.86. The maximum atomic E-state index is 13.4. The van der Waals surface area contributed by atoms with Crippen molar-refractivity contribution in [1.82, 2.24) is 14.7 Å². The van der Waals surface area contributed by atoms with Crippen molar-refractivity contribution in [3.63, 3.8) is 0 Å². The first kappa shape index (κ1) is 28.2. The number of piperazine rings is 1. The molecule has 1 fully saturated rings. The molecule has 4 rings (SSSR count). The summed E-state index contributed by atoms with van der Waals surface area (Å²) >= 11 is 12.7. The third-order valence-corrected chi connectivity index (χ3v) is 6.88. The number of benzene rings is 2. The van der Waals surface area contributed by atoms with E-state index >= 15 is 0 Å². The standard InChI is InChI=1S/C26H27Cl2F3N4O3/c1-2-37-13-14-38-24-23(16-32-35(25(24)36)19-6-3-5-18(15-19)26(29,30)31)34-11-9-33(10-12-34)17-20-21(27)7-4-8-22(20)28/h3-8,15-16H,2,9-14,17H2,1H3. The van der Waals surface area contributed by atoms with E-state index in [9.17, 15) is 18.0 Å². The minimum atomic E-state index is -4.55. The minimum Gasteiger partial charge on any atom is -0.484 e. The molecule has 12 heteroatoms. The number of alkyl halides is 3. The highest BCUT2D eigenvalue weighted by atomic mass is 35.5. The molecule has 0 N–H and O–H groups in total. The van der Waals surface area contributed by atoms with Crippen LogP contribution in [0.25, 0.3) is 5.69 Å². The van der Waals surface area contributed by atoms with Crippen LogP contribution in [-0.4, -0.2) is 60.7 Å². The van der Waals surface area contributed by atoms with Crippen LogP contribution in [0.15, 0.2) is 53.5 Å². The van der Waals surface area contributed by atoms with Crippen molar-refractivity contribution >= 4 is 28.9 Å². The summed E-state index contributed by atoms with van der Waals surface area (Å²) in [4.78, 5) is 17.6. The van der Waals surface area contributed by atoms with Crippen molar-refractivity contribution < 1.29 is 22.6 Å². The number of halogens is 5. The largest absolute Gasteiger partial charge is 0.484 e. The number of aromatic nitrogens is 2. The van der Waals surface area contributed by atoms with Crippen LogP contribution in [0.2, 0.25) is 10.0 Å². The van der Waals surface area contributed by atoms with Crippen molar-refractivity contribution in [1.29, 1.82) is 0 Å². The van der Waals surface area contributed by atoms with Crippen molar-refractivity contribution in [3.05, 3.63) is 80.2 Å². The van der Waals surface area contributed by atoms with Crippen molar-refractivity contribution in [2.75, 3.05) is 50.9 Å². The zero-order chi connectivity index (χ0) is 27.3. The lowest BCUT2D eigenvalue weighted by atomic mass is 10.2. The molecule has 0 radical (unpaired) electrons. The lowest BCUT2D eigenvalue weighted by Crippen LogP contribution is -2.46. The summed E-state index contributed by atoms with van der Waals surface area (Å²) in [6.07, 6.45) is -3.09. The van der Waals surface area contributed by atoms with Gasteiger partial charge in [-0.1, -0.05) is 35.3 Å². The third-order valence-electron chi connectivity index (χ3n) is 6.17.